The van der Waals surface area contributed by atoms with Gasteiger partial charge in [-0.05, 0) is 19.3 Å². The van der Waals surface area contributed by atoms with E-state index in [0.29, 0.717) is 12.8 Å². The second kappa shape index (κ2) is 1.99. The Morgan fingerprint density at radius 1 is 1.56 bits per heavy atom. The second-order valence-corrected chi connectivity index (χ2v) is 2.65. The molecule has 0 saturated heterocycles. The summed E-state index contributed by atoms with van der Waals surface area (Å²) in [6.07, 6.45) is 2.18. The molecule has 0 aliphatic heterocycles. The van der Waals surface area contributed by atoms with Crippen molar-refractivity contribution in [3.05, 3.63) is 0 Å². The third-order valence-electron chi connectivity index (χ3n) is 1.76. The van der Waals surface area contributed by atoms with E-state index >= 15 is 0 Å². The zero-order valence-corrected chi connectivity index (χ0v) is 5.13. The zero-order chi connectivity index (χ0) is 6.91. The largest absolute Gasteiger partial charge is 0.481 e. The van der Waals surface area contributed by atoms with E-state index < -0.39 is 11.6 Å². The smallest absolute Gasteiger partial charge is 0.306 e. The first-order valence-corrected chi connectivity index (χ1v) is 3.07. The summed E-state index contributed by atoms with van der Waals surface area (Å²) in [4.78, 5) is 10.0. The number of carboxylic acids is 1. The molecule has 9 heavy (non-hydrogen) atoms. The number of hydrogen-bond donors (Lipinski definition) is 2. The van der Waals surface area contributed by atoms with Crippen LogP contribution in [-0.2, 0) is 4.79 Å². The van der Waals surface area contributed by atoms with Crippen LogP contribution in [-0.4, -0.2) is 21.8 Å². The fourth-order valence-electron chi connectivity index (χ4n) is 1.04. The molecule has 0 aromatic carbocycles. The molecule has 1 fully saturated rings. The number of carboxylic acid groups (broad SMARTS) is 1. The summed E-state index contributed by atoms with van der Waals surface area (Å²) in [7, 11) is 0. The van der Waals surface area contributed by atoms with Crippen LogP contribution in [0.25, 0.3) is 0 Å². The van der Waals surface area contributed by atoms with Gasteiger partial charge in [-0.15, -0.1) is 0 Å². The molecule has 0 heterocycles. The molecule has 0 radical (unpaired) electrons. The van der Waals surface area contributed by atoms with Gasteiger partial charge in [-0.2, -0.15) is 0 Å². The maximum absolute atomic E-state index is 10.0. The number of rotatable bonds is 2. The minimum atomic E-state index is -0.905. The van der Waals surface area contributed by atoms with E-state index in [9.17, 15) is 9.90 Å². The molecule has 1 aliphatic rings. The normalized spacial score (nSPS) is 22.8. The fourth-order valence-corrected chi connectivity index (χ4v) is 1.04. The lowest BCUT2D eigenvalue weighted by Crippen LogP contribution is -2.38. The summed E-state index contributed by atoms with van der Waals surface area (Å²) in [5, 5.41) is 17.5. The van der Waals surface area contributed by atoms with E-state index in [-0.39, 0.29) is 6.42 Å². The Balaban J connectivity index is 2.33. The molecule has 3 nitrogen and oxygen atoms in total. The average Bonchev–Trinajstić information content (AvgIpc) is 1.60. The number of aliphatic carboxylic acids is 1. The standard InChI is InChI=1S/C6H10O3/c7-5(8)4-6(9)2-1-3-6/h9H,1-4H2,(H,7,8). The Morgan fingerprint density at radius 3 is 2.22 bits per heavy atom. The van der Waals surface area contributed by atoms with Crippen LogP contribution in [0, 0.1) is 0 Å². The summed E-state index contributed by atoms with van der Waals surface area (Å²) in [6.45, 7) is 0. The van der Waals surface area contributed by atoms with Gasteiger partial charge in [0.1, 0.15) is 0 Å². The lowest BCUT2D eigenvalue weighted by molar-refractivity contribution is -0.146. The molecule has 0 unspecified atom stereocenters. The number of aliphatic hydroxyl groups is 1. The molecule has 1 rings (SSSR count). The summed E-state index contributed by atoms with van der Waals surface area (Å²) in [6, 6.07) is 0. The fraction of sp³-hybridized carbons (Fsp3) is 0.833. The Morgan fingerprint density at radius 2 is 2.11 bits per heavy atom. The topological polar surface area (TPSA) is 57.5 Å². The van der Waals surface area contributed by atoms with Crippen molar-refractivity contribution >= 4 is 5.97 Å². The van der Waals surface area contributed by atoms with Gasteiger partial charge in [-0.1, -0.05) is 0 Å². The predicted octanol–water partition coefficient (Wildman–Crippen LogP) is 0.376. The summed E-state index contributed by atoms with van der Waals surface area (Å²) in [5.41, 5.74) is -0.855. The van der Waals surface area contributed by atoms with Crippen LogP contribution in [0.3, 0.4) is 0 Å². The molecule has 0 atom stereocenters. The molecule has 2 N–H and O–H groups in total. The maximum Gasteiger partial charge on any atom is 0.306 e. The third kappa shape index (κ3) is 1.42. The van der Waals surface area contributed by atoms with Gasteiger partial charge in [-0.25, -0.2) is 0 Å². The molecular formula is C6H10O3. The van der Waals surface area contributed by atoms with Gasteiger partial charge in [0.25, 0.3) is 0 Å². The van der Waals surface area contributed by atoms with Gasteiger partial charge >= 0.3 is 5.97 Å². The summed E-state index contributed by atoms with van der Waals surface area (Å²) in [5.74, 6) is -0.905. The van der Waals surface area contributed by atoms with Gasteiger partial charge in [0.05, 0.1) is 12.0 Å². The van der Waals surface area contributed by atoms with E-state index in [0.717, 1.165) is 6.42 Å². The molecule has 1 saturated carbocycles. The van der Waals surface area contributed by atoms with Crippen molar-refractivity contribution in [1.82, 2.24) is 0 Å². The molecule has 3 heteroatoms. The highest BCUT2D eigenvalue weighted by atomic mass is 16.4. The number of hydrogen-bond acceptors (Lipinski definition) is 2. The highest BCUT2D eigenvalue weighted by Crippen LogP contribution is 2.34. The van der Waals surface area contributed by atoms with Gasteiger partial charge < -0.3 is 10.2 Å². The van der Waals surface area contributed by atoms with Crippen molar-refractivity contribution in [3.63, 3.8) is 0 Å². The van der Waals surface area contributed by atoms with Crippen molar-refractivity contribution in [3.8, 4) is 0 Å². The number of carbonyl (C=O) groups is 1. The molecular weight excluding hydrogens is 120 g/mol. The first-order valence-electron chi connectivity index (χ1n) is 3.07. The molecule has 0 aromatic heterocycles. The van der Waals surface area contributed by atoms with Gasteiger partial charge in [0.2, 0.25) is 0 Å². The van der Waals surface area contributed by atoms with Crippen molar-refractivity contribution in [2.45, 2.75) is 31.3 Å². The van der Waals surface area contributed by atoms with Crippen molar-refractivity contribution in [2.75, 3.05) is 0 Å². The SMILES string of the molecule is O=C(O)CC1(O)CCC1. The van der Waals surface area contributed by atoms with Crippen molar-refractivity contribution < 1.29 is 15.0 Å². The van der Waals surface area contributed by atoms with E-state index in [1.807, 2.05) is 0 Å². The van der Waals surface area contributed by atoms with Crippen LogP contribution >= 0.6 is 0 Å². The first kappa shape index (κ1) is 6.55. The lowest BCUT2D eigenvalue weighted by atomic mass is 9.78. The first-order chi connectivity index (χ1) is 4.12. The zero-order valence-electron chi connectivity index (χ0n) is 5.13. The van der Waals surface area contributed by atoms with E-state index in [4.69, 9.17) is 5.11 Å². The highest BCUT2D eigenvalue weighted by Gasteiger charge is 2.36. The Hall–Kier alpha value is -0.570. The Bertz CT molecular complexity index is 126. The monoisotopic (exact) mass is 130 g/mol. The van der Waals surface area contributed by atoms with Gasteiger partial charge in [-0.3, -0.25) is 4.79 Å². The van der Waals surface area contributed by atoms with Crippen LogP contribution in [0.2, 0.25) is 0 Å². The molecule has 0 spiro atoms. The van der Waals surface area contributed by atoms with Crippen LogP contribution in [0.15, 0.2) is 0 Å². The average molecular weight is 130 g/mol. The molecule has 1 aliphatic carbocycles. The van der Waals surface area contributed by atoms with E-state index in [2.05, 4.69) is 0 Å². The molecule has 0 aromatic rings. The van der Waals surface area contributed by atoms with Crippen LogP contribution in [0.4, 0.5) is 0 Å². The lowest BCUT2D eigenvalue weighted by Gasteiger charge is -2.34. The van der Waals surface area contributed by atoms with Crippen LogP contribution in [0.5, 0.6) is 0 Å². The highest BCUT2D eigenvalue weighted by molar-refractivity contribution is 5.68. The van der Waals surface area contributed by atoms with E-state index in [1.54, 1.807) is 0 Å². The molecule has 0 amide bonds. The predicted molar refractivity (Wildman–Crippen MR) is 31.1 cm³/mol. The van der Waals surface area contributed by atoms with E-state index in [1.165, 1.54) is 0 Å². The van der Waals surface area contributed by atoms with Gasteiger partial charge in [0, 0.05) is 0 Å². The summed E-state index contributed by atoms with van der Waals surface area (Å²) < 4.78 is 0. The Kier molecular flexibility index (Phi) is 1.45. The van der Waals surface area contributed by atoms with Crippen LogP contribution in [0.1, 0.15) is 25.7 Å². The van der Waals surface area contributed by atoms with Gasteiger partial charge in [0.15, 0.2) is 0 Å². The maximum atomic E-state index is 10.0. The third-order valence-corrected chi connectivity index (χ3v) is 1.76. The quantitative estimate of drug-likeness (QED) is 0.568. The van der Waals surface area contributed by atoms with Crippen molar-refractivity contribution in [1.29, 1.82) is 0 Å². The molecule has 0 bridgehead atoms. The van der Waals surface area contributed by atoms with Crippen LogP contribution < -0.4 is 0 Å². The van der Waals surface area contributed by atoms with Crippen molar-refractivity contribution in [2.24, 2.45) is 0 Å². The minimum absolute atomic E-state index is 0.0903. The molecule has 52 valence electrons. The minimum Gasteiger partial charge on any atom is -0.481 e. The second-order valence-electron chi connectivity index (χ2n) is 2.65. The Labute approximate surface area is 53.3 Å². The summed E-state index contributed by atoms with van der Waals surface area (Å²) >= 11 is 0.